The maximum Gasteiger partial charge on any atom is 0.256 e. The smallest absolute Gasteiger partial charge is 0.256 e. The Morgan fingerprint density at radius 3 is 2.59 bits per heavy atom. The van der Waals surface area contributed by atoms with Gasteiger partial charge in [-0.1, -0.05) is 20.3 Å². The van der Waals surface area contributed by atoms with Crippen LogP contribution in [0.5, 0.6) is 5.75 Å². The first kappa shape index (κ1) is 21.7. The first-order chi connectivity index (χ1) is 12.8. The molecule has 2 atom stereocenters. The number of amides is 1. The fraction of sp³-hybridized carbons (Fsp3) is 0.682. The number of likely N-dealkylation sites (tertiary alicyclic amines) is 1. The third-order valence-electron chi connectivity index (χ3n) is 5.43. The fourth-order valence-electron chi connectivity index (χ4n) is 3.72. The summed E-state index contributed by atoms with van der Waals surface area (Å²) in [5.41, 5.74) is -0.0712. The molecule has 1 amide bonds. The van der Waals surface area contributed by atoms with Gasteiger partial charge in [0.05, 0.1) is 0 Å². The molecule has 0 unspecified atom stereocenters. The molecule has 0 radical (unpaired) electrons. The number of hydrogen-bond acceptors (Lipinski definition) is 4. The van der Waals surface area contributed by atoms with E-state index in [1.807, 2.05) is 31.2 Å². The molecular formula is C22H36N2O3. The zero-order valence-electron chi connectivity index (χ0n) is 17.6. The Kier molecular flexibility index (Phi) is 8.11. The first-order valence-corrected chi connectivity index (χ1v) is 10.2. The van der Waals surface area contributed by atoms with Gasteiger partial charge in [-0.15, -0.1) is 0 Å². The summed E-state index contributed by atoms with van der Waals surface area (Å²) in [6, 6.07) is 8.22. The number of carbonyl (C=O) groups is 1. The van der Waals surface area contributed by atoms with Gasteiger partial charge in [-0.25, -0.2) is 0 Å². The topological polar surface area (TPSA) is 50.8 Å². The highest BCUT2D eigenvalue weighted by Crippen LogP contribution is 2.23. The highest BCUT2D eigenvalue weighted by Gasteiger charge is 2.33. The third-order valence-corrected chi connectivity index (χ3v) is 5.43. The Bertz CT molecular complexity index is 588. The van der Waals surface area contributed by atoms with Crippen molar-refractivity contribution in [3.8, 4) is 5.75 Å². The van der Waals surface area contributed by atoms with Crippen LogP contribution in [-0.2, 0) is 9.53 Å². The van der Waals surface area contributed by atoms with Crippen LogP contribution in [0, 0.1) is 5.92 Å². The molecule has 0 spiro atoms. The van der Waals surface area contributed by atoms with E-state index in [1.165, 1.54) is 25.8 Å². The van der Waals surface area contributed by atoms with Gasteiger partial charge in [-0.2, -0.15) is 0 Å². The van der Waals surface area contributed by atoms with Gasteiger partial charge in [0.2, 0.25) is 0 Å². The van der Waals surface area contributed by atoms with E-state index in [1.54, 1.807) is 7.11 Å². The van der Waals surface area contributed by atoms with E-state index in [0.29, 0.717) is 25.0 Å². The minimum Gasteiger partial charge on any atom is -0.492 e. The van der Waals surface area contributed by atoms with Crippen LogP contribution in [0.4, 0.5) is 5.69 Å². The van der Waals surface area contributed by atoms with Gasteiger partial charge in [0.25, 0.3) is 5.91 Å². The molecule has 1 aliphatic heterocycles. The lowest BCUT2D eigenvalue weighted by atomic mass is 9.93. The molecule has 0 aromatic heterocycles. The Morgan fingerprint density at radius 1 is 1.30 bits per heavy atom. The summed E-state index contributed by atoms with van der Waals surface area (Å²) in [7, 11) is 1.59. The average molecular weight is 377 g/mol. The highest BCUT2D eigenvalue weighted by atomic mass is 16.5. The summed E-state index contributed by atoms with van der Waals surface area (Å²) in [6.07, 6.45) is 4.58. The Labute approximate surface area is 164 Å². The minimum atomic E-state index is -0.825. The number of nitrogens with one attached hydrogen (secondary N) is 1. The predicted octanol–water partition coefficient (Wildman–Crippen LogP) is 4.33. The molecule has 5 heteroatoms. The molecule has 1 aromatic carbocycles. The van der Waals surface area contributed by atoms with E-state index in [9.17, 15) is 4.79 Å². The number of hydrogen-bond donors (Lipinski definition) is 1. The van der Waals surface area contributed by atoms with Gasteiger partial charge < -0.3 is 14.8 Å². The quantitative estimate of drug-likeness (QED) is 0.697. The molecule has 0 saturated carbocycles. The van der Waals surface area contributed by atoms with E-state index in [2.05, 4.69) is 31.0 Å². The zero-order chi connectivity index (χ0) is 19.9. The van der Waals surface area contributed by atoms with E-state index in [-0.39, 0.29) is 5.91 Å². The van der Waals surface area contributed by atoms with Crippen molar-refractivity contribution in [1.82, 2.24) is 4.90 Å². The van der Waals surface area contributed by atoms with Crippen LogP contribution in [0.25, 0.3) is 0 Å². The number of nitrogens with zero attached hydrogens (tertiary/aromatic N) is 1. The molecule has 2 rings (SSSR count). The van der Waals surface area contributed by atoms with E-state index < -0.39 is 5.60 Å². The summed E-state index contributed by atoms with van der Waals surface area (Å²) in [6.45, 7) is 11.1. The van der Waals surface area contributed by atoms with Crippen molar-refractivity contribution in [2.24, 2.45) is 5.92 Å². The van der Waals surface area contributed by atoms with Crippen LogP contribution < -0.4 is 10.1 Å². The molecule has 0 bridgehead atoms. The third kappa shape index (κ3) is 6.51. The molecule has 1 aromatic rings. The molecule has 1 N–H and O–H groups in total. The number of methoxy groups -OCH3 is 1. The molecule has 1 heterocycles. The van der Waals surface area contributed by atoms with Crippen molar-refractivity contribution in [2.45, 2.75) is 65.0 Å². The molecule has 1 saturated heterocycles. The van der Waals surface area contributed by atoms with Crippen LogP contribution in [-0.4, -0.2) is 49.3 Å². The summed E-state index contributed by atoms with van der Waals surface area (Å²) in [5.74, 6) is 1.08. The number of piperidine rings is 1. The zero-order valence-corrected chi connectivity index (χ0v) is 17.6. The number of benzene rings is 1. The monoisotopic (exact) mass is 376 g/mol. The fourth-order valence-corrected chi connectivity index (χ4v) is 3.72. The summed E-state index contributed by atoms with van der Waals surface area (Å²) >= 11 is 0. The number of rotatable bonds is 9. The van der Waals surface area contributed by atoms with Crippen molar-refractivity contribution in [1.29, 1.82) is 0 Å². The van der Waals surface area contributed by atoms with Gasteiger partial charge in [0, 0.05) is 25.4 Å². The predicted molar refractivity (Wildman–Crippen MR) is 110 cm³/mol. The second kappa shape index (κ2) is 10.1. The lowest BCUT2D eigenvalue weighted by molar-refractivity contribution is -0.137. The van der Waals surface area contributed by atoms with E-state index >= 15 is 0 Å². The Hall–Kier alpha value is -1.59. The number of carbonyl (C=O) groups excluding carboxylic acids is 1. The number of ether oxygens (including phenoxy) is 2. The van der Waals surface area contributed by atoms with Gasteiger partial charge in [0.1, 0.15) is 18.0 Å². The van der Waals surface area contributed by atoms with Crippen LogP contribution in [0.3, 0.4) is 0 Å². The van der Waals surface area contributed by atoms with Crippen molar-refractivity contribution < 1.29 is 14.3 Å². The van der Waals surface area contributed by atoms with Crippen LogP contribution in [0.15, 0.2) is 24.3 Å². The van der Waals surface area contributed by atoms with Gasteiger partial charge in [-0.05, 0) is 69.8 Å². The molecule has 1 fully saturated rings. The Balaban J connectivity index is 1.83. The standard InChI is InChI=1S/C22H36N2O3/c1-17(2)16-22(4,26-5)21(25)23-19-9-11-20(12-10-19)27-15-14-24-13-7-6-8-18(24)3/h9-12,17-18H,6-8,13-16H2,1-5H3,(H,23,25)/t18-,22-/m1/s1. The Morgan fingerprint density at radius 2 is 2.00 bits per heavy atom. The van der Waals surface area contributed by atoms with Crippen molar-refractivity contribution >= 4 is 11.6 Å². The van der Waals surface area contributed by atoms with Gasteiger partial charge in [0.15, 0.2) is 0 Å². The summed E-state index contributed by atoms with van der Waals surface area (Å²) in [5, 5.41) is 2.95. The maximum atomic E-state index is 12.6. The first-order valence-electron chi connectivity index (χ1n) is 10.2. The normalized spacial score (nSPS) is 20.3. The van der Waals surface area contributed by atoms with Crippen molar-refractivity contribution in [2.75, 3.05) is 32.1 Å². The minimum absolute atomic E-state index is 0.119. The van der Waals surface area contributed by atoms with Crippen molar-refractivity contribution in [3.63, 3.8) is 0 Å². The van der Waals surface area contributed by atoms with E-state index in [0.717, 1.165) is 18.0 Å². The summed E-state index contributed by atoms with van der Waals surface area (Å²) < 4.78 is 11.4. The SMILES string of the molecule is CO[C@](C)(CC(C)C)C(=O)Nc1ccc(OCCN2CCCC[C@H]2C)cc1. The molecule has 5 nitrogen and oxygen atoms in total. The van der Waals surface area contributed by atoms with Crippen LogP contribution in [0.2, 0.25) is 0 Å². The van der Waals surface area contributed by atoms with Crippen LogP contribution >= 0.6 is 0 Å². The molecular weight excluding hydrogens is 340 g/mol. The lowest BCUT2D eigenvalue weighted by Crippen LogP contribution is -2.43. The second-order valence-electron chi connectivity index (χ2n) is 8.24. The van der Waals surface area contributed by atoms with Crippen LogP contribution in [0.1, 0.15) is 53.4 Å². The average Bonchev–Trinajstić information content (AvgIpc) is 2.64. The highest BCUT2D eigenvalue weighted by molar-refractivity contribution is 5.97. The maximum absolute atomic E-state index is 12.6. The van der Waals surface area contributed by atoms with Gasteiger partial charge in [-0.3, -0.25) is 9.69 Å². The van der Waals surface area contributed by atoms with Gasteiger partial charge >= 0.3 is 0 Å². The lowest BCUT2D eigenvalue weighted by Gasteiger charge is -2.33. The molecule has 1 aliphatic rings. The summed E-state index contributed by atoms with van der Waals surface area (Å²) in [4.78, 5) is 15.1. The molecule has 27 heavy (non-hydrogen) atoms. The number of anilines is 1. The molecule has 0 aliphatic carbocycles. The largest absolute Gasteiger partial charge is 0.492 e. The molecule has 152 valence electrons. The van der Waals surface area contributed by atoms with E-state index in [4.69, 9.17) is 9.47 Å². The van der Waals surface area contributed by atoms with Crippen molar-refractivity contribution in [3.05, 3.63) is 24.3 Å². The second-order valence-corrected chi connectivity index (χ2v) is 8.24.